The first-order chi connectivity index (χ1) is 38.5. The van der Waals surface area contributed by atoms with E-state index in [1.54, 1.807) is 0 Å². The number of rotatable bonds is 7. The van der Waals surface area contributed by atoms with Crippen molar-refractivity contribution in [3.63, 3.8) is 0 Å². The molecule has 3 aliphatic rings. The summed E-state index contributed by atoms with van der Waals surface area (Å²) in [7, 11) is 0. The van der Waals surface area contributed by atoms with E-state index < -0.39 is 5.41 Å². The van der Waals surface area contributed by atoms with Crippen molar-refractivity contribution in [1.82, 2.24) is 4.57 Å². The molecule has 0 bridgehead atoms. The van der Waals surface area contributed by atoms with E-state index in [1.165, 1.54) is 111 Å². The van der Waals surface area contributed by atoms with Crippen LogP contribution in [0.5, 0.6) is 0 Å². The summed E-state index contributed by atoms with van der Waals surface area (Å²) in [6, 6.07) is 104. The van der Waals surface area contributed by atoms with Gasteiger partial charge in [-0.2, -0.15) is 0 Å². The zero-order valence-electron chi connectivity index (χ0n) is 43.5. The molecule has 0 saturated heterocycles. The Kier molecular flexibility index (Phi) is 9.63. The lowest BCUT2D eigenvalue weighted by Gasteiger charge is -2.31. The minimum atomic E-state index is -0.399. The highest BCUT2D eigenvalue weighted by Gasteiger charge is 2.53. The van der Waals surface area contributed by atoms with Crippen LogP contribution >= 0.6 is 0 Å². The fourth-order valence-electron chi connectivity index (χ4n) is 14.2. The summed E-state index contributed by atoms with van der Waals surface area (Å²) in [5, 5.41) is 2.42. The molecule has 0 atom stereocenters. The topological polar surface area (TPSA) is 8.17 Å². The van der Waals surface area contributed by atoms with Crippen molar-refractivity contribution in [2.75, 3.05) is 4.90 Å². The molecule has 12 aromatic carbocycles. The predicted octanol–water partition coefficient (Wildman–Crippen LogP) is 19.9. The second-order valence-electron chi connectivity index (χ2n) is 21.9. The van der Waals surface area contributed by atoms with Crippen LogP contribution in [0.15, 0.2) is 279 Å². The van der Waals surface area contributed by atoms with E-state index in [0.29, 0.717) is 0 Å². The SMILES string of the molecule is CC1(C)c2cc(-c3cc(-c4ccccc4)cc(N(c4ccc5c(c4)c4ccccc4n5-c4ccccc4)c4ccccc4-c4ccccc4)c3)ccc2-c2c1ccc1c2-c2ccccc2C12c1ccccc1-c1ccccc12. The number of hydrogen-bond donors (Lipinski definition) is 0. The molecule has 0 N–H and O–H groups in total. The normalized spacial score (nSPS) is 13.7. The van der Waals surface area contributed by atoms with Crippen molar-refractivity contribution in [2.45, 2.75) is 24.7 Å². The summed E-state index contributed by atoms with van der Waals surface area (Å²) >= 11 is 0. The van der Waals surface area contributed by atoms with Gasteiger partial charge in [0.2, 0.25) is 0 Å². The molecule has 16 rings (SSSR count). The third kappa shape index (κ3) is 6.26. The van der Waals surface area contributed by atoms with Gasteiger partial charge < -0.3 is 9.47 Å². The average molecular weight is 993 g/mol. The van der Waals surface area contributed by atoms with E-state index in [4.69, 9.17) is 0 Å². The molecule has 0 aliphatic heterocycles. The standard InChI is InChI=1S/C76H52N2/c1-75(2)67-41-42-68-74(61-32-14-19-35-66(61)76(68)64-33-17-12-29-58(64)59-30-13-18-34-65(59)76)73(67)62-40-38-51(47-69(62)75)53-44-52(49-22-6-3-7-23-49)45-56(46-53)77(70-36-20-15-28-57(70)50-24-8-4-9-25-50)55-39-43-72-63(48-55)60-31-16-21-37-71(60)78(72)54-26-10-5-11-27-54/h3-48H,1-2H3. The molecule has 2 nitrogen and oxygen atoms in total. The third-order valence-electron chi connectivity index (χ3n) is 17.6. The van der Waals surface area contributed by atoms with Gasteiger partial charge in [0.1, 0.15) is 0 Å². The van der Waals surface area contributed by atoms with E-state index in [9.17, 15) is 0 Å². The number of anilines is 3. The van der Waals surface area contributed by atoms with Crippen LogP contribution in [0, 0.1) is 0 Å². The molecule has 0 saturated carbocycles. The van der Waals surface area contributed by atoms with Crippen molar-refractivity contribution >= 4 is 38.9 Å². The first kappa shape index (κ1) is 44.5. The van der Waals surface area contributed by atoms with Gasteiger partial charge in [-0.25, -0.2) is 0 Å². The fraction of sp³-hybridized carbons (Fsp3) is 0.0526. The van der Waals surface area contributed by atoms with Gasteiger partial charge in [-0.05, 0) is 161 Å². The largest absolute Gasteiger partial charge is 0.310 e. The molecule has 0 amide bonds. The fourth-order valence-corrected chi connectivity index (χ4v) is 14.2. The van der Waals surface area contributed by atoms with Gasteiger partial charge in [0.05, 0.1) is 22.1 Å². The van der Waals surface area contributed by atoms with Gasteiger partial charge in [0.15, 0.2) is 0 Å². The van der Waals surface area contributed by atoms with E-state index in [1.807, 2.05) is 0 Å². The molecule has 1 heterocycles. The van der Waals surface area contributed by atoms with E-state index in [0.717, 1.165) is 33.9 Å². The second-order valence-corrected chi connectivity index (χ2v) is 21.9. The quantitative estimate of drug-likeness (QED) is 0.154. The Morgan fingerprint density at radius 1 is 0.295 bits per heavy atom. The first-order valence-electron chi connectivity index (χ1n) is 27.3. The number of aromatic nitrogens is 1. The number of hydrogen-bond acceptors (Lipinski definition) is 1. The summed E-state index contributed by atoms with van der Waals surface area (Å²) < 4.78 is 2.40. The van der Waals surface area contributed by atoms with Crippen molar-refractivity contribution in [1.29, 1.82) is 0 Å². The van der Waals surface area contributed by atoms with Gasteiger partial charge in [-0.15, -0.1) is 0 Å². The highest BCUT2D eigenvalue weighted by atomic mass is 15.1. The summed E-state index contributed by atoms with van der Waals surface area (Å²) in [5.74, 6) is 0. The van der Waals surface area contributed by atoms with Crippen molar-refractivity contribution < 1.29 is 0 Å². The number of fused-ring (bicyclic) bond motifs is 17. The Hall–Kier alpha value is -9.76. The molecule has 0 radical (unpaired) electrons. The average Bonchev–Trinajstić information content (AvgIpc) is 4.13. The summed E-state index contributed by atoms with van der Waals surface area (Å²) in [4.78, 5) is 2.50. The Morgan fingerprint density at radius 3 is 1.54 bits per heavy atom. The minimum absolute atomic E-state index is 0.263. The second kappa shape index (κ2) is 16.9. The van der Waals surface area contributed by atoms with Crippen LogP contribution in [0.2, 0.25) is 0 Å². The van der Waals surface area contributed by atoms with Crippen LogP contribution in [-0.2, 0) is 10.8 Å². The summed E-state index contributed by atoms with van der Waals surface area (Å²) in [5.41, 5.74) is 29.4. The highest BCUT2D eigenvalue weighted by Crippen LogP contribution is 2.66. The van der Waals surface area contributed by atoms with Crippen molar-refractivity contribution in [3.8, 4) is 72.4 Å². The maximum absolute atomic E-state index is 2.51. The molecule has 3 aliphatic carbocycles. The van der Waals surface area contributed by atoms with E-state index >= 15 is 0 Å². The lowest BCUT2D eigenvalue weighted by Crippen LogP contribution is -2.26. The van der Waals surface area contributed by atoms with Gasteiger partial charge in [0, 0.05) is 38.8 Å². The molecular formula is C76H52N2. The molecule has 78 heavy (non-hydrogen) atoms. The monoisotopic (exact) mass is 992 g/mol. The molecular weight excluding hydrogens is 941 g/mol. The lowest BCUT2D eigenvalue weighted by atomic mass is 9.70. The van der Waals surface area contributed by atoms with Crippen LogP contribution in [-0.4, -0.2) is 4.57 Å². The van der Waals surface area contributed by atoms with Crippen LogP contribution in [0.1, 0.15) is 47.2 Å². The van der Waals surface area contributed by atoms with Gasteiger partial charge >= 0.3 is 0 Å². The van der Waals surface area contributed by atoms with Crippen molar-refractivity contribution in [3.05, 3.63) is 312 Å². The molecule has 0 unspecified atom stereocenters. The molecule has 2 heteroatoms. The zero-order valence-corrected chi connectivity index (χ0v) is 43.5. The summed E-state index contributed by atoms with van der Waals surface area (Å²) in [6.45, 7) is 4.87. The third-order valence-corrected chi connectivity index (χ3v) is 17.6. The first-order valence-corrected chi connectivity index (χ1v) is 27.3. The molecule has 366 valence electrons. The van der Waals surface area contributed by atoms with Crippen LogP contribution < -0.4 is 4.90 Å². The number of para-hydroxylation sites is 3. The minimum Gasteiger partial charge on any atom is -0.310 e. The Bertz CT molecular complexity index is 4530. The highest BCUT2D eigenvalue weighted by molar-refractivity contribution is 6.11. The predicted molar refractivity (Wildman–Crippen MR) is 326 cm³/mol. The van der Waals surface area contributed by atoms with E-state index in [2.05, 4.69) is 302 Å². The molecule has 1 spiro atoms. The number of nitrogens with zero attached hydrogens (tertiary/aromatic N) is 2. The lowest BCUT2D eigenvalue weighted by molar-refractivity contribution is 0.660. The van der Waals surface area contributed by atoms with E-state index in [-0.39, 0.29) is 5.41 Å². The zero-order chi connectivity index (χ0) is 51.7. The maximum atomic E-state index is 2.51. The van der Waals surface area contributed by atoms with Crippen molar-refractivity contribution in [2.24, 2.45) is 0 Å². The van der Waals surface area contributed by atoms with Crippen LogP contribution in [0.3, 0.4) is 0 Å². The van der Waals surface area contributed by atoms with Gasteiger partial charge in [-0.3, -0.25) is 0 Å². The Morgan fingerprint density at radius 2 is 0.821 bits per heavy atom. The Labute approximate surface area is 455 Å². The van der Waals surface area contributed by atoms with Gasteiger partial charge in [-0.1, -0.05) is 226 Å². The van der Waals surface area contributed by atoms with Crippen LogP contribution in [0.4, 0.5) is 17.1 Å². The molecule has 0 fully saturated rings. The van der Waals surface area contributed by atoms with Crippen LogP contribution in [0.25, 0.3) is 94.3 Å². The summed E-state index contributed by atoms with van der Waals surface area (Å²) in [6.07, 6.45) is 0. The molecule has 13 aromatic rings. The number of benzene rings is 12. The maximum Gasteiger partial charge on any atom is 0.0725 e. The smallest absolute Gasteiger partial charge is 0.0725 e. The Balaban J connectivity index is 0.911. The van der Waals surface area contributed by atoms with Gasteiger partial charge in [0.25, 0.3) is 0 Å². The molecule has 1 aromatic heterocycles.